The Morgan fingerprint density at radius 3 is 1.56 bits per heavy atom. The van der Waals surface area contributed by atoms with Crippen molar-refractivity contribution in [1.29, 1.82) is 0 Å². The molecular weight excluding hydrogens is 236 g/mol. The summed E-state index contributed by atoms with van der Waals surface area (Å²) in [6, 6.07) is 3.36. The fourth-order valence-electron chi connectivity index (χ4n) is 1.69. The van der Waals surface area contributed by atoms with Crippen molar-refractivity contribution < 1.29 is 76.1 Å². The summed E-state index contributed by atoms with van der Waals surface area (Å²) in [5, 5.41) is 0. The van der Waals surface area contributed by atoms with Gasteiger partial charge in [-0.25, -0.2) is 0 Å². The maximum absolute atomic E-state index is 11.3. The topological polar surface area (TPSA) is 86.2 Å². The van der Waals surface area contributed by atoms with E-state index in [1.54, 1.807) is 26.0 Å². The molecule has 0 aliphatic heterocycles. The molecule has 0 amide bonds. The van der Waals surface area contributed by atoms with E-state index < -0.39 is 13.5 Å². The van der Waals surface area contributed by atoms with Crippen LogP contribution in [0.5, 0.6) is 0 Å². The van der Waals surface area contributed by atoms with Gasteiger partial charge >= 0.3 is 145 Å². The van der Waals surface area contributed by atoms with Crippen LogP contribution in [-0.4, -0.2) is 5.52 Å². The Kier molecular flexibility index (Phi) is 12.1. The molecule has 0 N–H and O–H groups in total. The minimum absolute atomic E-state index is 0. The van der Waals surface area contributed by atoms with Gasteiger partial charge in [-0.05, 0) is 0 Å². The van der Waals surface area contributed by atoms with E-state index >= 15 is 0 Å². The van der Waals surface area contributed by atoms with Crippen LogP contribution < -0.4 is 71.3 Å². The zero-order valence-electron chi connectivity index (χ0n) is 11.8. The summed E-state index contributed by atoms with van der Waals surface area (Å²) < 4.78 is 0. The third-order valence-electron chi connectivity index (χ3n) is 2.18. The second kappa shape index (κ2) is 9.02. The summed E-state index contributed by atoms with van der Waals surface area (Å²) in [7, 11) is -5.47. The van der Waals surface area contributed by atoms with Crippen LogP contribution in [0, 0.1) is 20.8 Å². The molecule has 0 heterocycles. The fourth-order valence-corrected chi connectivity index (χ4v) is 2.39. The minimum Gasteiger partial charge on any atom is 1.00 e. The van der Waals surface area contributed by atoms with Gasteiger partial charge in [0.15, 0.2) is 0 Å². The number of hydrogen-bond donors (Lipinski definition) is 0. The fraction of sp³-hybridized carbons (Fsp3) is 0.300. The Bertz CT molecular complexity index is 395. The number of carbonyl (C=O) groups is 1. The molecule has 1 aromatic carbocycles. The molecule has 0 radical (unpaired) electrons. The Labute approximate surface area is 144 Å². The van der Waals surface area contributed by atoms with E-state index in [9.17, 15) is 19.5 Å². The Hall–Kier alpha value is 0.992. The molecule has 0 fully saturated rings. The van der Waals surface area contributed by atoms with E-state index in [2.05, 4.69) is 0 Å². The molecule has 0 saturated heterocycles. The summed E-state index contributed by atoms with van der Waals surface area (Å²) in [5.41, 5.74) is 0.704. The molecule has 8 heteroatoms. The number of rotatable bonds is 2. The molecule has 0 spiro atoms. The number of aryl methyl sites for hydroxylation is 3. The van der Waals surface area contributed by atoms with Crippen LogP contribution in [0.15, 0.2) is 12.1 Å². The Balaban J connectivity index is -0.000000750. The van der Waals surface area contributed by atoms with E-state index in [1.807, 2.05) is 6.92 Å². The second-order valence-electron chi connectivity index (χ2n) is 3.66. The minimum atomic E-state index is -5.47. The zero-order valence-corrected chi connectivity index (χ0v) is 12.8. The largest absolute Gasteiger partial charge is 1.00 e. The van der Waals surface area contributed by atoms with Gasteiger partial charge in [0.05, 0.1) is 0 Å². The van der Waals surface area contributed by atoms with Crippen molar-refractivity contribution in [3.63, 3.8) is 0 Å². The molecule has 1 rings (SSSR count). The SMILES string of the molecule is Cc1cc(C)c(C(=O)[PH]([O-])([O-])[O-])c(C)c1.[Li+].[Li+].[Li+]. The summed E-state index contributed by atoms with van der Waals surface area (Å²) in [6.07, 6.45) is 0. The average Bonchev–Trinajstić information content (AvgIpc) is 1.99. The first-order valence-corrected chi connectivity index (χ1v) is 6.20. The predicted octanol–water partition coefficient (Wildman–Crippen LogP) is -9.66. The standard InChI is InChI=1S/C10H12O4P.3Li/c1-6-4-7(2)9(8(3)5-6)10(11)15(12,13)14;;;/h4-5,15H,1-3H3;;;/q-3;3*+1. The van der Waals surface area contributed by atoms with Crippen molar-refractivity contribution in [3.05, 3.63) is 34.4 Å². The zero-order chi connectivity index (χ0) is 11.8. The van der Waals surface area contributed by atoms with Crippen molar-refractivity contribution in [3.8, 4) is 0 Å². The number of carbonyl (C=O) groups excluding carboxylic acids is 1. The van der Waals surface area contributed by atoms with Gasteiger partial charge < -0.3 is 0 Å². The molecule has 84 valence electrons. The second-order valence-corrected chi connectivity index (χ2v) is 5.23. The van der Waals surface area contributed by atoms with Crippen LogP contribution in [0.3, 0.4) is 0 Å². The first-order chi connectivity index (χ1) is 6.73. The van der Waals surface area contributed by atoms with Crippen LogP contribution in [-0.2, 0) is 0 Å². The molecule has 1 aromatic rings. The van der Waals surface area contributed by atoms with Gasteiger partial charge in [0.1, 0.15) is 0 Å². The Morgan fingerprint density at radius 1 is 0.944 bits per heavy atom. The maximum atomic E-state index is 11.3. The molecule has 0 atom stereocenters. The monoisotopic (exact) mass is 248 g/mol. The summed E-state index contributed by atoms with van der Waals surface area (Å²) in [6.45, 7) is 5.07. The summed E-state index contributed by atoms with van der Waals surface area (Å²) >= 11 is 0. The van der Waals surface area contributed by atoms with Gasteiger partial charge in [0, 0.05) is 0 Å². The van der Waals surface area contributed by atoms with Crippen molar-refractivity contribution in [1.82, 2.24) is 0 Å². The molecule has 0 aromatic heterocycles. The molecule has 0 bridgehead atoms. The van der Waals surface area contributed by atoms with E-state index in [0.717, 1.165) is 5.56 Å². The first kappa shape index (κ1) is 24.0. The van der Waals surface area contributed by atoms with E-state index in [0.29, 0.717) is 11.1 Å². The molecule has 0 aliphatic carbocycles. The number of hydrogen-bond acceptors (Lipinski definition) is 4. The average molecular weight is 248 g/mol. The first-order valence-electron chi connectivity index (χ1n) is 4.47. The van der Waals surface area contributed by atoms with E-state index in [4.69, 9.17) is 0 Å². The van der Waals surface area contributed by atoms with Crippen LogP contribution >= 0.6 is 7.94 Å². The Morgan fingerprint density at radius 2 is 1.28 bits per heavy atom. The van der Waals surface area contributed by atoms with Crippen molar-refractivity contribution in [2.45, 2.75) is 20.8 Å². The molecule has 18 heavy (non-hydrogen) atoms. The van der Waals surface area contributed by atoms with Crippen LogP contribution in [0.25, 0.3) is 0 Å². The third kappa shape index (κ3) is 5.96. The molecule has 4 nitrogen and oxygen atoms in total. The van der Waals surface area contributed by atoms with Gasteiger partial charge in [0.2, 0.25) is 0 Å². The summed E-state index contributed by atoms with van der Waals surface area (Å²) in [4.78, 5) is 43.4. The predicted molar refractivity (Wildman–Crippen MR) is 53.3 cm³/mol. The third-order valence-corrected chi connectivity index (χ3v) is 2.99. The van der Waals surface area contributed by atoms with Gasteiger partial charge in [-0.1, -0.05) is 0 Å². The summed E-state index contributed by atoms with van der Waals surface area (Å²) in [5.74, 6) is 0. The van der Waals surface area contributed by atoms with Crippen LogP contribution in [0.1, 0.15) is 27.0 Å². The van der Waals surface area contributed by atoms with Crippen LogP contribution in [0.4, 0.5) is 0 Å². The smallest absolute Gasteiger partial charge is 1.00 e. The van der Waals surface area contributed by atoms with Crippen LogP contribution in [0.2, 0.25) is 0 Å². The van der Waals surface area contributed by atoms with Gasteiger partial charge in [-0.15, -0.1) is 0 Å². The number of benzene rings is 1. The van der Waals surface area contributed by atoms with E-state index in [-0.39, 0.29) is 62.1 Å². The quantitative estimate of drug-likeness (QED) is 0.384. The maximum Gasteiger partial charge on any atom is 1.00 e. The molecule has 0 unspecified atom stereocenters. The van der Waals surface area contributed by atoms with E-state index in [1.165, 1.54) is 0 Å². The van der Waals surface area contributed by atoms with Crippen molar-refractivity contribution >= 4 is 13.5 Å². The molecular formula is C10H12Li3O4P. The van der Waals surface area contributed by atoms with Crippen molar-refractivity contribution in [2.75, 3.05) is 0 Å². The van der Waals surface area contributed by atoms with Gasteiger partial charge in [-0.3, -0.25) is 0 Å². The van der Waals surface area contributed by atoms with Crippen molar-refractivity contribution in [2.24, 2.45) is 0 Å². The molecule has 0 aliphatic rings. The normalized spacial score (nSPS) is 10.6. The van der Waals surface area contributed by atoms with Gasteiger partial charge in [0.25, 0.3) is 0 Å². The van der Waals surface area contributed by atoms with Gasteiger partial charge in [-0.2, -0.15) is 0 Å². The molecule has 0 saturated carbocycles.